The van der Waals surface area contributed by atoms with Crippen LogP contribution in [-0.4, -0.2) is 45.5 Å². The molecule has 0 aliphatic rings. The minimum atomic E-state index is -0.0254. The SMILES string of the molecule is CCCC(COc1ccc(C)cn1)C(CC)N(C)C(=O)c1cc(C)ccc1-c1ncccn1. The van der Waals surface area contributed by atoms with E-state index in [9.17, 15) is 4.79 Å². The fourth-order valence-corrected chi connectivity index (χ4v) is 4.22. The van der Waals surface area contributed by atoms with Crippen LogP contribution in [0.3, 0.4) is 0 Å². The van der Waals surface area contributed by atoms with Gasteiger partial charge in [-0.3, -0.25) is 4.79 Å². The molecule has 0 aliphatic carbocycles. The normalized spacial score (nSPS) is 12.8. The second-order valence-electron chi connectivity index (χ2n) is 8.55. The molecule has 2 unspecified atom stereocenters. The maximum atomic E-state index is 13.7. The molecule has 0 aliphatic heterocycles. The van der Waals surface area contributed by atoms with Crippen LogP contribution in [-0.2, 0) is 0 Å². The molecule has 3 aromatic rings. The van der Waals surface area contributed by atoms with Gasteiger partial charge in [-0.15, -0.1) is 0 Å². The number of rotatable bonds is 10. The zero-order chi connectivity index (χ0) is 23.8. The highest BCUT2D eigenvalue weighted by atomic mass is 16.5. The smallest absolute Gasteiger partial charge is 0.254 e. The van der Waals surface area contributed by atoms with E-state index < -0.39 is 0 Å². The monoisotopic (exact) mass is 446 g/mol. The number of pyridine rings is 1. The molecule has 0 N–H and O–H groups in total. The molecule has 0 spiro atoms. The number of hydrogen-bond acceptors (Lipinski definition) is 5. The third kappa shape index (κ3) is 6.15. The second kappa shape index (κ2) is 11.5. The Hall–Kier alpha value is -3.28. The number of hydrogen-bond donors (Lipinski definition) is 0. The van der Waals surface area contributed by atoms with E-state index in [2.05, 4.69) is 28.8 Å². The lowest BCUT2D eigenvalue weighted by Gasteiger charge is -2.34. The Kier molecular flexibility index (Phi) is 8.52. The number of ether oxygens (including phenoxy) is 1. The summed E-state index contributed by atoms with van der Waals surface area (Å²) in [6, 6.07) is 11.6. The minimum absolute atomic E-state index is 0.0254. The third-order valence-corrected chi connectivity index (χ3v) is 5.98. The first-order valence-electron chi connectivity index (χ1n) is 11.6. The van der Waals surface area contributed by atoms with Crippen LogP contribution in [0.15, 0.2) is 55.0 Å². The Morgan fingerprint density at radius 1 is 1.03 bits per heavy atom. The van der Waals surface area contributed by atoms with Crippen molar-refractivity contribution >= 4 is 5.91 Å². The molecule has 33 heavy (non-hydrogen) atoms. The van der Waals surface area contributed by atoms with Crippen LogP contribution in [0.4, 0.5) is 0 Å². The predicted octanol–water partition coefficient (Wildman–Crippen LogP) is 5.50. The Morgan fingerprint density at radius 2 is 1.76 bits per heavy atom. The number of amides is 1. The average molecular weight is 447 g/mol. The van der Waals surface area contributed by atoms with Gasteiger partial charge in [-0.05, 0) is 44.4 Å². The Balaban J connectivity index is 1.84. The maximum absolute atomic E-state index is 13.7. The number of benzene rings is 1. The molecule has 2 atom stereocenters. The predicted molar refractivity (Wildman–Crippen MR) is 131 cm³/mol. The number of aryl methyl sites for hydroxylation is 2. The molecule has 2 aromatic heterocycles. The van der Waals surface area contributed by atoms with Gasteiger partial charge in [0.2, 0.25) is 5.88 Å². The van der Waals surface area contributed by atoms with Crippen LogP contribution in [0.2, 0.25) is 0 Å². The molecule has 3 rings (SSSR count). The highest BCUT2D eigenvalue weighted by Crippen LogP contribution is 2.27. The molecule has 1 aromatic carbocycles. The summed E-state index contributed by atoms with van der Waals surface area (Å²) in [7, 11) is 1.89. The van der Waals surface area contributed by atoms with Gasteiger partial charge in [0, 0.05) is 49.2 Å². The van der Waals surface area contributed by atoms with Crippen LogP contribution >= 0.6 is 0 Å². The van der Waals surface area contributed by atoms with Gasteiger partial charge >= 0.3 is 0 Å². The maximum Gasteiger partial charge on any atom is 0.254 e. The molecular weight excluding hydrogens is 412 g/mol. The zero-order valence-corrected chi connectivity index (χ0v) is 20.3. The molecule has 0 saturated carbocycles. The first kappa shape index (κ1) is 24.4. The second-order valence-corrected chi connectivity index (χ2v) is 8.55. The number of aromatic nitrogens is 3. The lowest BCUT2D eigenvalue weighted by atomic mass is 9.91. The highest BCUT2D eigenvalue weighted by Gasteiger charge is 2.29. The van der Waals surface area contributed by atoms with E-state index in [1.165, 1.54) is 0 Å². The van der Waals surface area contributed by atoms with Crippen molar-refractivity contribution in [3.05, 3.63) is 71.7 Å². The van der Waals surface area contributed by atoms with Crippen molar-refractivity contribution in [2.75, 3.05) is 13.7 Å². The van der Waals surface area contributed by atoms with Crippen molar-refractivity contribution in [2.45, 2.75) is 53.0 Å². The number of carbonyl (C=O) groups excluding carboxylic acids is 1. The fraction of sp³-hybridized carbons (Fsp3) is 0.407. The molecule has 0 saturated heterocycles. The summed E-state index contributed by atoms with van der Waals surface area (Å²) in [5.41, 5.74) is 3.50. The van der Waals surface area contributed by atoms with Gasteiger partial charge in [-0.1, -0.05) is 44.0 Å². The van der Waals surface area contributed by atoms with Crippen molar-refractivity contribution in [1.82, 2.24) is 19.9 Å². The molecule has 0 fully saturated rings. The van der Waals surface area contributed by atoms with Crippen molar-refractivity contribution in [3.8, 4) is 17.3 Å². The van der Waals surface area contributed by atoms with Crippen LogP contribution in [0.25, 0.3) is 11.4 Å². The van der Waals surface area contributed by atoms with E-state index in [-0.39, 0.29) is 17.9 Å². The summed E-state index contributed by atoms with van der Waals surface area (Å²) >= 11 is 0. The fourth-order valence-electron chi connectivity index (χ4n) is 4.22. The first-order chi connectivity index (χ1) is 15.9. The van der Waals surface area contributed by atoms with Crippen LogP contribution in [0.1, 0.15) is 54.6 Å². The Labute approximate surface area is 197 Å². The third-order valence-electron chi connectivity index (χ3n) is 5.98. The van der Waals surface area contributed by atoms with Crippen molar-refractivity contribution in [2.24, 2.45) is 5.92 Å². The topological polar surface area (TPSA) is 68.2 Å². The lowest BCUT2D eigenvalue weighted by molar-refractivity contribution is 0.0605. The van der Waals surface area contributed by atoms with Crippen molar-refractivity contribution in [1.29, 1.82) is 0 Å². The summed E-state index contributed by atoms with van der Waals surface area (Å²) in [5, 5.41) is 0. The average Bonchev–Trinajstić information content (AvgIpc) is 2.84. The summed E-state index contributed by atoms with van der Waals surface area (Å²) in [4.78, 5) is 28.7. The van der Waals surface area contributed by atoms with Gasteiger partial charge in [0.1, 0.15) is 0 Å². The van der Waals surface area contributed by atoms with E-state index in [1.54, 1.807) is 18.5 Å². The van der Waals surface area contributed by atoms with E-state index in [1.807, 2.05) is 62.3 Å². The van der Waals surface area contributed by atoms with Gasteiger partial charge < -0.3 is 9.64 Å². The van der Waals surface area contributed by atoms with Gasteiger partial charge in [-0.2, -0.15) is 0 Å². The van der Waals surface area contributed by atoms with Crippen molar-refractivity contribution in [3.63, 3.8) is 0 Å². The molecule has 1 amide bonds. The van der Waals surface area contributed by atoms with Gasteiger partial charge in [-0.25, -0.2) is 15.0 Å². The molecule has 2 heterocycles. The van der Waals surface area contributed by atoms with Crippen LogP contribution in [0, 0.1) is 19.8 Å². The molecule has 0 bridgehead atoms. The first-order valence-corrected chi connectivity index (χ1v) is 11.6. The molecule has 6 heteroatoms. The molecule has 0 radical (unpaired) electrons. The van der Waals surface area contributed by atoms with Gasteiger partial charge in [0.15, 0.2) is 5.82 Å². The highest BCUT2D eigenvalue weighted by molar-refractivity contribution is 6.00. The molecule has 174 valence electrons. The molecule has 6 nitrogen and oxygen atoms in total. The zero-order valence-electron chi connectivity index (χ0n) is 20.3. The summed E-state index contributed by atoms with van der Waals surface area (Å²) in [6.45, 7) is 8.80. The van der Waals surface area contributed by atoms with E-state index in [0.717, 1.165) is 36.0 Å². The van der Waals surface area contributed by atoms with Crippen molar-refractivity contribution < 1.29 is 9.53 Å². The number of nitrogens with zero attached hydrogens (tertiary/aromatic N) is 4. The van der Waals surface area contributed by atoms with Crippen LogP contribution < -0.4 is 4.74 Å². The lowest BCUT2D eigenvalue weighted by Crippen LogP contribution is -2.43. The molecular formula is C27H34N4O2. The largest absolute Gasteiger partial charge is 0.477 e. The number of carbonyl (C=O) groups is 1. The minimum Gasteiger partial charge on any atom is -0.477 e. The summed E-state index contributed by atoms with van der Waals surface area (Å²) in [5.74, 6) is 1.34. The Morgan fingerprint density at radius 3 is 2.39 bits per heavy atom. The van der Waals surface area contributed by atoms with E-state index in [4.69, 9.17) is 4.74 Å². The summed E-state index contributed by atoms with van der Waals surface area (Å²) < 4.78 is 6.04. The standard InChI is InChI=1S/C27H34N4O2/c1-6-9-21(18-33-25-13-11-20(4)17-30-25)24(7-2)31(5)27(32)23-16-19(3)10-12-22(23)26-28-14-8-15-29-26/h8,10-17,21,24H,6-7,9,18H2,1-5H3. The van der Waals surface area contributed by atoms with E-state index >= 15 is 0 Å². The van der Waals surface area contributed by atoms with E-state index in [0.29, 0.717) is 23.9 Å². The summed E-state index contributed by atoms with van der Waals surface area (Å²) in [6.07, 6.45) is 8.01. The Bertz CT molecular complexity index is 1040. The quantitative estimate of drug-likeness (QED) is 0.411. The van der Waals surface area contributed by atoms with Gasteiger partial charge in [0.05, 0.1) is 12.2 Å². The van der Waals surface area contributed by atoms with Crippen LogP contribution in [0.5, 0.6) is 5.88 Å². The van der Waals surface area contributed by atoms with Gasteiger partial charge in [0.25, 0.3) is 5.91 Å².